The summed E-state index contributed by atoms with van der Waals surface area (Å²) in [6.07, 6.45) is 1.78. The molecule has 0 saturated heterocycles. The zero-order chi connectivity index (χ0) is 21.9. The molecule has 30 heavy (non-hydrogen) atoms. The molecule has 0 aliphatic rings. The Kier molecular flexibility index (Phi) is 8.87. The molecule has 0 bridgehead atoms. The summed E-state index contributed by atoms with van der Waals surface area (Å²) < 4.78 is 10.8. The fourth-order valence-electron chi connectivity index (χ4n) is 2.70. The van der Waals surface area contributed by atoms with E-state index in [1.807, 2.05) is 26.0 Å². The molecule has 0 heterocycles. The molecule has 0 radical (unpaired) electrons. The molecule has 2 rings (SSSR count). The van der Waals surface area contributed by atoms with Crippen molar-refractivity contribution in [3.05, 3.63) is 59.2 Å². The van der Waals surface area contributed by atoms with Crippen molar-refractivity contribution in [2.75, 3.05) is 13.7 Å². The number of rotatable bonds is 10. The van der Waals surface area contributed by atoms with Crippen LogP contribution in [0.5, 0.6) is 11.5 Å². The van der Waals surface area contributed by atoms with Crippen molar-refractivity contribution < 1.29 is 23.9 Å². The van der Waals surface area contributed by atoms with Crippen LogP contribution in [0.25, 0.3) is 0 Å². The van der Waals surface area contributed by atoms with Crippen molar-refractivity contribution in [1.82, 2.24) is 10.9 Å². The Hall–Kier alpha value is -3.35. The fourth-order valence-corrected chi connectivity index (χ4v) is 2.70. The number of hydrogen-bond acceptors (Lipinski definition) is 5. The lowest BCUT2D eigenvalue weighted by Gasteiger charge is -2.12. The summed E-state index contributed by atoms with van der Waals surface area (Å²) in [5, 5.41) is 0. The largest absolute Gasteiger partial charge is 0.493 e. The third-order valence-electron chi connectivity index (χ3n) is 4.47. The first kappa shape index (κ1) is 22.9. The number of amides is 2. The minimum absolute atomic E-state index is 0.0260. The summed E-state index contributed by atoms with van der Waals surface area (Å²) in [5.74, 6) is -0.0824. The van der Waals surface area contributed by atoms with Crippen LogP contribution in [0.1, 0.15) is 59.4 Å². The molecule has 2 aromatic rings. The summed E-state index contributed by atoms with van der Waals surface area (Å²) in [7, 11) is 1.49. The number of nitrogens with one attached hydrogen (secondary N) is 2. The van der Waals surface area contributed by atoms with Gasteiger partial charge in [-0.2, -0.15) is 0 Å². The second kappa shape index (κ2) is 11.6. The van der Waals surface area contributed by atoms with E-state index in [1.165, 1.54) is 13.2 Å². The van der Waals surface area contributed by atoms with E-state index in [4.69, 9.17) is 9.47 Å². The van der Waals surface area contributed by atoms with Crippen molar-refractivity contribution in [3.8, 4) is 11.5 Å². The molecule has 0 aliphatic heterocycles. The lowest BCUT2D eigenvalue weighted by atomic mass is 10.0. The van der Waals surface area contributed by atoms with Crippen LogP contribution in [-0.2, 0) is 11.2 Å². The van der Waals surface area contributed by atoms with Crippen molar-refractivity contribution >= 4 is 17.6 Å². The van der Waals surface area contributed by atoms with Crippen LogP contribution in [0.3, 0.4) is 0 Å². The normalized spacial score (nSPS) is 10.2. The maximum absolute atomic E-state index is 12.3. The Bertz CT molecular complexity index is 878. The fraction of sp³-hybridized carbons (Fsp3) is 0.348. The molecule has 0 spiro atoms. The topological polar surface area (TPSA) is 93.7 Å². The zero-order valence-electron chi connectivity index (χ0n) is 17.6. The van der Waals surface area contributed by atoms with Gasteiger partial charge in [0.25, 0.3) is 5.91 Å². The molecular formula is C23H28N2O5. The van der Waals surface area contributed by atoms with E-state index in [0.717, 1.165) is 18.4 Å². The molecule has 7 nitrogen and oxygen atoms in total. The van der Waals surface area contributed by atoms with Gasteiger partial charge in [-0.1, -0.05) is 38.1 Å². The lowest BCUT2D eigenvalue weighted by molar-refractivity contribution is -0.121. The first-order chi connectivity index (χ1) is 14.5. The average Bonchev–Trinajstić information content (AvgIpc) is 2.79. The number of hydrogen-bond donors (Lipinski definition) is 2. The van der Waals surface area contributed by atoms with E-state index in [2.05, 4.69) is 10.9 Å². The van der Waals surface area contributed by atoms with Gasteiger partial charge in [-0.3, -0.25) is 25.2 Å². The van der Waals surface area contributed by atoms with Gasteiger partial charge in [-0.25, -0.2) is 0 Å². The summed E-state index contributed by atoms with van der Waals surface area (Å²) >= 11 is 0. The summed E-state index contributed by atoms with van der Waals surface area (Å²) in [5.41, 5.74) is 6.70. The molecule has 0 saturated carbocycles. The average molecular weight is 412 g/mol. The monoisotopic (exact) mass is 412 g/mol. The number of carbonyl (C=O) groups excluding carboxylic acids is 3. The van der Waals surface area contributed by atoms with Crippen LogP contribution in [0.2, 0.25) is 0 Å². The third-order valence-corrected chi connectivity index (χ3v) is 4.47. The first-order valence-electron chi connectivity index (χ1n) is 10.0. The minimum Gasteiger partial charge on any atom is -0.493 e. The Labute approximate surface area is 176 Å². The van der Waals surface area contributed by atoms with Crippen LogP contribution in [0.15, 0.2) is 42.5 Å². The van der Waals surface area contributed by atoms with Crippen LogP contribution >= 0.6 is 0 Å². The van der Waals surface area contributed by atoms with Gasteiger partial charge in [0.15, 0.2) is 17.3 Å². The molecule has 160 valence electrons. The quantitative estimate of drug-likeness (QED) is 0.460. The number of carbonyl (C=O) groups is 3. The number of Topliss-reactive ketones (excluding diaryl/α,β-unsaturated/α-hetero) is 1. The zero-order valence-corrected chi connectivity index (χ0v) is 17.6. The molecule has 7 heteroatoms. The molecule has 0 aromatic heterocycles. The predicted octanol–water partition coefficient (Wildman–Crippen LogP) is 3.47. The summed E-state index contributed by atoms with van der Waals surface area (Å²) in [4.78, 5) is 36.5. The second-order valence-corrected chi connectivity index (χ2v) is 6.69. The maximum atomic E-state index is 12.3. The van der Waals surface area contributed by atoms with Crippen LogP contribution < -0.4 is 20.3 Å². The van der Waals surface area contributed by atoms with Gasteiger partial charge in [-0.05, 0) is 36.6 Å². The minimum atomic E-state index is -0.495. The van der Waals surface area contributed by atoms with Crippen LogP contribution in [0, 0.1) is 0 Å². The highest BCUT2D eigenvalue weighted by atomic mass is 16.5. The lowest BCUT2D eigenvalue weighted by Crippen LogP contribution is -2.41. The van der Waals surface area contributed by atoms with Gasteiger partial charge < -0.3 is 9.47 Å². The highest BCUT2D eigenvalue weighted by molar-refractivity contribution is 5.99. The Balaban J connectivity index is 1.83. The number of ketones is 1. The molecular weight excluding hydrogens is 384 g/mol. The van der Waals surface area contributed by atoms with Crippen molar-refractivity contribution in [3.63, 3.8) is 0 Å². The maximum Gasteiger partial charge on any atom is 0.269 e. The van der Waals surface area contributed by atoms with Gasteiger partial charge in [0.2, 0.25) is 5.91 Å². The van der Waals surface area contributed by atoms with E-state index < -0.39 is 11.8 Å². The van der Waals surface area contributed by atoms with Gasteiger partial charge in [0, 0.05) is 24.0 Å². The van der Waals surface area contributed by atoms with E-state index in [0.29, 0.717) is 29.2 Å². The first-order valence-corrected chi connectivity index (χ1v) is 10.0. The molecule has 0 aliphatic carbocycles. The number of ether oxygens (including phenoxy) is 2. The SMILES string of the molecule is CCCOc1ccc(C(=O)NNC(=O)CCC(=O)c2ccc(CC)cc2)cc1OC. The standard InChI is InChI=1S/C23H28N2O5/c1-4-14-30-20-12-10-18(15-21(20)29-3)23(28)25-24-22(27)13-11-19(26)17-8-6-16(5-2)7-9-17/h6-10,12,15H,4-5,11,13-14H2,1-3H3,(H,24,27)(H,25,28). The highest BCUT2D eigenvalue weighted by Crippen LogP contribution is 2.28. The van der Waals surface area contributed by atoms with Gasteiger partial charge >= 0.3 is 0 Å². The highest BCUT2D eigenvalue weighted by Gasteiger charge is 2.13. The summed E-state index contributed by atoms with van der Waals surface area (Å²) in [6, 6.07) is 12.1. The number of aryl methyl sites for hydroxylation is 1. The molecule has 2 N–H and O–H groups in total. The smallest absolute Gasteiger partial charge is 0.269 e. The van der Waals surface area contributed by atoms with Gasteiger partial charge in [0.05, 0.1) is 13.7 Å². The van der Waals surface area contributed by atoms with Crippen molar-refractivity contribution in [2.45, 2.75) is 39.5 Å². The van der Waals surface area contributed by atoms with Crippen LogP contribution in [0.4, 0.5) is 0 Å². The molecule has 2 aromatic carbocycles. The van der Waals surface area contributed by atoms with E-state index in [9.17, 15) is 14.4 Å². The van der Waals surface area contributed by atoms with E-state index in [-0.39, 0.29) is 18.6 Å². The number of benzene rings is 2. The van der Waals surface area contributed by atoms with Gasteiger partial charge in [-0.15, -0.1) is 0 Å². The molecule has 2 amide bonds. The Morgan fingerprint density at radius 2 is 1.57 bits per heavy atom. The second-order valence-electron chi connectivity index (χ2n) is 6.69. The summed E-state index contributed by atoms with van der Waals surface area (Å²) in [6.45, 7) is 4.58. The van der Waals surface area contributed by atoms with E-state index in [1.54, 1.807) is 24.3 Å². The van der Waals surface area contributed by atoms with Crippen LogP contribution in [-0.4, -0.2) is 31.3 Å². The van der Waals surface area contributed by atoms with Crippen molar-refractivity contribution in [1.29, 1.82) is 0 Å². The Morgan fingerprint density at radius 1 is 0.867 bits per heavy atom. The molecule has 0 unspecified atom stereocenters. The predicted molar refractivity (Wildman–Crippen MR) is 114 cm³/mol. The van der Waals surface area contributed by atoms with E-state index >= 15 is 0 Å². The molecule has 0 fully saturated rings. The Morgan fingerprint density at radius 3 is 2.20 bits per heavy atom. The molecule has 0 atom stereocenters. The number of methoxy groups -OCH3 is 1. The van der Waals surface area contributed by atoms with Gasteiger partial charge in [0.1, 0.15) is 0 Å². The van der Waals surface area contributed by atoms with Crippen molar-refractivity contribution in [2.24, 2.45) is 0 Å². The number of hydrazine groups is 1. The third kappa shape index (κ3) is 6.62.